The largest absolute Gasteiger partial charge is 0.373 e. The molecule has 4 nitrogen and oxygen atoms in total. The van der Waals surface area contributed by atoms with E-state index in [-0.39, 0.29) is 0 Å². The summed E-state index contributed by atoms with van der Waals surface area (Å²) in [6, 6.07) is 6.75. The Hall–Kier alpha value is -1.54. The summed E-state index contributed by atoms with van der Waals surface area (Å²) < 4.78 is 0.742. The smallest absolute Gasteiger partial charge is 0.239 e. The lowest BCUT2D eigenvalue weighted by atomic mass is 10.1. The highest BCUT2D eigenvalue weighted by molar-refractivity contribution is 9.10. The van der Waals surface area contributed by atoms with E-state index in [9.17, 15) is 4.79 Å². The molecule has 0 aliphatic carbocycles. The average molecular weight is 282 g/mol. The van der Waals surface area contributed by atoms with E-state index in [4.69, 9.17) is 11.0 Å². The van der Waals surface area contributed by atoms with Gasteiger partial charge in [-0.1, -0.05) is 6.92 Å². The molecule has 1 aromatic carbocycles. The number of carbonyl (C=O) groups is 1. The van der Waals surface area contributed by atoms with Crippen molar-refractivity contribution in [3.63, 3.8) is 0 Å². The van der Waals surface area contributed by atoms with Crippen LogP contribution in [0, 0.1) is 11.3 Å². The number of nitrogens with zero attached hydrogens (tertiary/aromatic N) is 1. The van der Waals surface area contributed by atoms with Crippen LogP contribution in [-0.4, -0.2) is 11.9 Å². The van der Waals surface area contributed by atoms with Gasteiger partial charge in [0.15, 0.2) is 0 Å². The molecule has 0 aliphatic rings. The number of anilines is 1. The Morgan fingerprint density at radius 1 is 1.69 bits per heavy atom. The first-order chi connectivity index (χ1) is 7.58. The molecule has 0 saturated heterocycles. The quantitative estimate of drug-likeness (QED) is 0.886. The van der Waals surface area contributed by atoms with Crippen molar-refractivity contribution in [2.75, 3.05) is 5.32 Å². The summed E-state index contributed by atoms with van der Waals surface area (Å²) in [5.74, 6) is -0.390. The van der Waals surface area contributed by atoms with Crippen LogP contribution in [0.25, 0.3) is 0 Å². The Bertz CT molecular complexity index is 439. The van der Waals surface area contributed by atoms with Crippen LogP contribution in [0.3, 0.4) is 0 Å². The van der Waals surface area contributed by atoms with Gasteiger partial charge < -0.3 is 11.1 Å². The summed E-state index contributed by atoms with van der Waals surface area (Å²) in [5.41, 5.74) is 6.55. The molecule has 1 atom stereocenters. The molecular formula is C11H12BrN3O. The SMILES string of the molecule is CCC(Nc1ccc(C#N)cc1Br)C(N)=O. The second-order valence-corrected chi connectivity index (χ2v) is 4.17. The van der Waals surface area contributed by atoms with Gasteiger partial charge >= 0.3 is 0 Å². The number of halogens is 1. The van der Waals surface area contributed by atoms with Crippen molar-refractivity contribution in [1.29, 1.82) is 5.26 Å². The second-order valence-electron chi connectivity index (χ2n) is 3.31. The van der Waals surface area contributed by atoms with Gasteiger partial charge in [0.1, 0.15) is 6.04 Å². The maximum Gasteiger partial charge on any atom is 0.239 e. The third-order valence-corrected chi connectivity index (χ3v) is 2.84. The third kappa shape index (κ3) is 2.97. The van der Waals surface area contributed by atoms with Crippen LogP contribution in [0.4, 0.5) is 5.69 Å². The van der Waals surface area contributed by atoms with E-state index in [1.54, 1.807) is 18.2 Å². The molecule has 1 unspecified atom stereocenters. The highest BCUT2D eigenvalue weighted by Gasteiger charge is 2.13. The molecule has 1 aromatic rings. The Balaban J connectivity index is 2.90. The van der Waals surface area contributed by atoms with Crippen molar-refractivity contribution in [3.8, 4) is 6.07 Å². The maximum atomic E-state index is 11.1. The Morgan fingerprint density at radius 2 is 2.38 bits per heavy atom. The fraction of sp³-hybridized carbons (Fsp3) is 0.273. The van der Waals surface area contributed by atoms with Crippen LogP contribution in [0.15, 0.2) is 22.7 Å². The molecule has 0 radical (unpaired) electrons. The molecule has 0 bridgehead atoms. The van der Waals surface area contributed by atoms with E-state index < -0.39 is 11.9 Å². The first-order valence-electron chi connectivity index (χ1n) is 4.84. The Morgan fingerprint density at radius 3 is 2.81 bits per heavy atom. The molecule has 3 N–H and O–H groups in total. The van der Waals surface area contributed by atoms with E-state index in [1.807, 2.05) is 13.0 Å². The van der Waals surface area contributed by atoms with Gasteiger partial charge in [-0.15, -0.1) is 0 Å². The summed E-state index contributed by atoms with van der Waals surface area (Å²) in [6.07, 6.45) is 0.613. The number of primary amides is 1. The van der Waals surface area contributed by atoms with E-state index >= 15 is 0 Å². The van der Waals surface area contributed by atoms with Crippen molar-refractivity contribution < 1.29 is 4.79 Å². The number of rotatable bonds is 4. The molecule has 0 spiro atoms. The average Bonchev–Trinajstić information content (AvgIpc) is 2.26. The lowest BCUT2D eigenvalue weighted by Crippen LogP contribution is -2.34. The van der Waals surface area contributed by atoms with E-state index in [1.165, 1.54) is 0 Å². The minimum absolute atomic E-state index is 0.390. The summed E-state index contributed by atoms with van der Waals surface area (Å²) >= 11 is 3.33. The molecule has 0 saturated carbocycles. The molecule has 1 rings (SSSR count). The van der Waals surface area contributed by atoms with Crippen molar-refractivity contribution in [1.82, 2.24) is 0 Å². The monoisotopic (exact) mass is 281 g/mol. The topological polar surface area (TPSA) is 78.9 Å². The number of hydrogen-bond acceptors (Lipinski definition) is 3. The third-order valence-electron chi connectivity index (χ3n) is 2.18. The highest BCUT2D eigenvalue weighted by Crippen LogP contribution is 2.24. The lowest BCUT2D eigenvalue weighted by Gasteiger charge is -2.15. The summed E-state index contributed by atoms with van der Waals surface area (Å²) in [4.78, 5) is 11.1. The fourth-order valence-electron chi connectivity index (χ4n) is 1.26. The van der Waals surface area contributed by atoms with Crippen LogP contribution >= 0.6 is 15.9 Å². The van der Waals surface area contributed by atoms with Gasteiger partial charge in [-0.3, -0.25) is 4.79 Å². The Labute approximate surface area is 103 Å². The molecular weight excluding hydrogens is 270 g/mol. The molecule has 16 heavy (non-hydrogen) atoms. The van der Waals surface area contributed by atoms with Gasteiger partial charge in [-0.05, 0) is 40.5 Å². The highest BCUT2D eigenvalue weighted by atomic mass is 79.9. The van der Waals surface area contributed by atoms with Crippen molar-refractivity contribution in [2.24, 2.45) is 5.73 Å². The van der Waals surface area contributed by atoms with Crippen LogP contribution in [0.1, 0.15) is 18.9 Å². The Kier molecular flexibility index (Phi) is 4.32. The van der Waals surface area contributed by atoms with E-state index in [0.717, 1.165) is 10.2 Å². The molecule has 0 aliphatic heterocycles. The standard InChI is InChI=1S/C11H12BrN3O/c1-2-9(11(14)16)15-10-4-3-7(6-13)5-8(10)12/h3-5,9,15H,2H2,1H3,(H2,14,16). The molecule has 1 amide bonds. The molecule has 84 valence electrons. The van der Waals surface area contributed by atoms with Crippen molar-refractivity contribution in [3.05, 3.63) is 28.2 Å². The zero-order valence-corrected chi connectivity index (χ0v) is 10.4. The van der Waals surface area contributed by atoms with Gasteiger partial charge in [-0.2, -0.15) is 5.26 Å². The molecule has 5 heteroatoms. The van der Waals surface area contributed by atoms with Crippen LogP contribution < -0.4 is 11.1 Å². The normalized spacial score (nSPS) is 11.6. The van der Waals surface area contributed by atoms with Crippen molar-refractivity contribution in [2.45, 2.75) is 19.4 Å². The summed E-state index contributed by atoms with van der Waals surface area (Å²) in [6.45, 7) is 1.87. The predicted octanol–water partition coefficient (Wildman–Crippen LogP) is 2.00. The first kappa shape index (κ1) is 12.5. The zero-order valence-electron chi connectivity index (χ0n) is 8.83. The van der Waals surface area contributed by atoms with Crippen LogP contribution in [0.5, 0.6) is 0 Å². The number of carbonyl (C=O) groups excluding carboxylic acids is 1. The second kappa shape index (κ2) is 5.52. The number of amides is 1. The molecule has 0 heterocycles. The minimum atomic E-state index is -0.399. The zero-order chi connectivity index (χ0) is 12.1. The van der Waals surface area contributed by atoms with Gasteiger partial charge in [0, 0.05) is 10.2 Å². The summed E-state index contributed by atoms with van der Waals surface area (Å²) in [5, 5.41) is 11.7. The lowest BCUT2D eigenvalue weighted by molar-refractivity contribution is -0.118. The van der Waals surface area contributed by atoms with Crippen LogP contribution in [0.2, 0.25) is 0 Å². The molecule has 0 aromatic heterocycles. The van der Waals surface area contributed by atoms with Gasteiger partial charge in [0.05, 0.1) is 11.6 Å². The number of nitrogens with one attached hydrogen (secondary N) is 1. The van der Waals surface area contributed by atoms with E-state index in [0.29, 0.717) is 12.0 Å². The number of hydrogen-bond donors (Lipinski definition) is 2. The van der Waals surface area contributed by atoms with E-state index in [2.05, 4.69) is 21.2 Å². The van der Waals surface area contributed by atoms with Gasteiger partial charge in [0.25, 0.3) is 0 Å². The fourth-order valence-corrected chi connectivity index (χ4v) is 1.76. The number of nitrogens with two attached hydrogens (primary N) is 1. The minimum Gasteiger partial charge on any atom is -0.373 e. The molecule has 0 fully saturated rings. The predicted molar refractivity (Wildman–Crippen MR) is 65.8 cm³/mol. The number of benzene rings is 1. The van der Waals surface area contributed by atoms with Gasteiger partial charge in [0.2, 0.25) is 5.91 Å². The first-order valence-corrected chi connectivity index (χ1v) is 5.63. The van der Waals surface area contributed by atoms with Crippen molar-refractivity contribution >= 4 is 27.5 Å². The van der Waals surface area contributed by atoms with Gasteiger partial charge in [-0.25, -0.2) is 0 Å². The maximum absolute atomic E-state index is 11.1. The summed E-state index contributed by atoms with van der Waals surface area (Å²) in [7, 11) is 0. The van der Waals surface area contributed by atoms with Crippen LogP contribution in [-0.2, 0) is 4.79 Å². The number of nitriles is 1.